The van der Waals surface area contributed by atoms with E-state index in [-0.39, 0.29) is 11.9 Å². The lowest BCUT2D eigenvalue weighted by Crippen LogP contribution is -2.18. The number of rotatable bonds is 2. The number of hydrogen-bond donors (Lipinski definition) is 1. The molecule has 2 N–H and O–H groups in total. The summed E-state index contributed by atoms with van der Waals surface area (Å²) < 4.78 is 14.3. The van der Waals surface area contributed by atoms with E-state index in [2.05, 4.69) is 15.9 Å². The molecule has 1 aromatic carbocycles. The van der Waals surface area contributed by atoms with Crippen molar-refractivity contribution in [2.75, 3.05) is 0 Å². The molecule has 0 bridgehead atoms. The monoisotopic (exact) mass is 245 g/mol. The molecule has 1 rings (SSSR count). The molecule has 1 aromatic rings. The van der Waals surface area contributed by atoms with Crippen LogP contribution in [-0.4, -0.2) is 6.04 Å². The summed E-state index contributed by atoms with van der Waals surface area (Å²) in [6.45, 7) is 3.63. The first-order valence-electron chi connectivity index (χ1n) is 4.21. The van der Waals surface area contributed by atoms with Gasteiger partial charge in [0.1, 0.15) is 5.82 Å². The van der Waals surface area contributed by atoms with E-state index in [0.29, 0.717) is 17.5 Å². The maximum Gasteiger partial charge on any atom is 0.130 e. The first-order valence-corrected chi connectivity index (χ1v) is 5.00. The molecule has 13 heavy (non-hydrogen) atoms. The fourth-order valence-electron chi connectivity index (χ4n) is 1.22. The van der Waals surface area contributed by atoms with Gasteiger partial charge in [-0.25, -0.2) is 4.39 Å². The van der Waals surface area contributed by atoms with Gasteiger partial charge in [-0.2, -0.15) is 0 Å². The molecule has 0 spiro atoms. The van der Waals surface area contributed by atoms with E-state index in [4.69, 9.17) is 5.73 Å². The van der Waals surface area contributed by atoms with Gasteiger partial charge in [0.15, 0.2) is 0 Å². The molecule has 0 heterocycles. The average molecular weight is 246 g/mol. The van der Waals surface area contributed by atoms with E-state index in [9.17, 15) is 4.39 Å². The normalized spacial score (nSPS) is 13.0. The largest absolute Gasteiger partial charge is 0.328 e. The van der Waals surface area contributed by atoms with Crippen molar-refractivity contribution in [1.82, 2.24) is 0 Å². The van der Waals surface area contributed by atoms with Crippen LogP contribution in [0.1, 0.15) is 18.1 Å². The Morgan fingerprint density at radius 3 is 2.69 bits per heavy atom. The van der Waals surface area contributed by atoms with E-state index in [0.717, 1.165) is 4.47 Å². The molecule has 0 aromatic heterocycles. The molecule has 0 fully saturated rings. The van der Waals surface area contributed by atoms with E-state index in [1.165, 1.54) is 0 Å². The summed E-state index contributed by atoms with van der Waals surface area (Å²) in [6.07, 6.45) is 0.583. The third-order valence-electron chi connectivity index (χ3n) is 1.94. The van der Waals surface area contributed by atoms with Crippen LogP contribution in [0.25, 0.3) is 0 Å². The van der Waals surface area contributed by atoms with Crippen LogP contribution in [0.15, 0.2) is 16.6 Å². The third-order valence-corrected chi connectivity index (χ3v) is 2.80. The van der Waals surface area contributed by atoms with Gasteiger partial charge in [0.2, 0.25) is 0 Å². The standard InChI is InChI=1S/C10H13BrFN/c1-6(13)5-8-3-4-9(11)7(2)10(8)12/h3-4,6H,5,13H2,1-2H3. The molecule has 0 saturated heterocycles. The summed E-state index contributed by atoms with van der Waals surface area (Å²) in [5.74, 6) is -0.147. The zero-order valence-corrected chi connectivity index (χ0v) is 9.36. The Labute approximate surface area is 86.3 Å². The zero-order valence-electron chi connectivity index (χ0n) is 7.77. The summed E-state index contributed by atoms with van der Waals surface area (Å²) in [4.78, 5) is 0. The second-order valence-corrected chi connectivity index (χ2v) is 4.18. The predicted molar refractivity (Wildman–Crippen MR) is 56.2 cm³/mol. The van der Waals surface area contributed by atoms with E-state index in [1.54, 1.807) is 13.0 Å². The fraction of sp³-hybridized carbons (Fsp3) is 0.400. The van der Waals surface area contributed by atoms with E-state index >= 15 is 0 Å². The first-order chi connectivity index (χ1) is 6.02. The first kappa shape index (κ1) is 10.7. The Kier molecular flexibility index (Phi) is 3.45. The molecule has 0 saturated carbocycles. The lowest BCUT2D eigenvalue weighted by atomic mass is 10.0. The SMILES string of the molecule is Cc1c(Br)ccc(CC(C)N)c1F. The molecule has 3 heteroatoms. The van der Waals surface area contributed by atoms with Gasteiger partial charge in [0.05, 0.1) is 0 Å². The van der Waals surface area contributed by atoms with Crippen molar-refractivity contribution in [3.8, 4) is 0 Å². The second-order valence-electron chi connectivity index (χ2n) is 3.33. The highest BCUT2D eigenvalue weighted by Crippen LogP contribution is 2.22. The highest BCUT2D eigenvalue weighted by molar-refractivity contribution is 9.10. The summed E-state index contributed by atoms with van der Waals surface area (Å²) in [6, 6.07) is 3.63. The van der Waals surface area contributed by atoms with Crippen LogP contribution < -0.4 is 5.73 Å². The Morgan fingerprint density at radius 1 is 1.54 bits per heavy atom. The van der Waals surface area contributed by atoms with Crippen LogP contribution in [0.2, 0.25) is 0 Å². The van der Waals surface area contributed by atoms with Crippen LogP contribution in [-0.2, 0) is 6.42 Å². The summed E-state index contributed by atoms with van der Waals surface area (Å²) in [5, 5.41) is 0. The van der Waals surface area contributed by atoms with Gasteiger partial charge in [-0.15, -0.1) is 0 Å². The smallest absolute Gasteiger partial charge is 0.130 e. The lowest BCUT2D eigenvalue weighted by Gasteiger charge is -2.09. The molecule has 1 unspecified atom stereocenters. The second kappa shape index (κ2) is 4.20. The van der Waals surface area contributed by atoms with E-state index < -0.39 is 0 Å². The van der Waals surface area contributed by atoms with Crippen LogP contribution in [0.3, 0.4) is 0 Å². The van der Waals surface area contributed by atoms with Crippen molar-refractivity contribution in [3.05, 3.63) is 33.5 Å². The topological polar surface area (TPSA) is 26.0 Å². The Bertz CT molecular complexity index is 310. The fourth-order valence-corrected chi connectivity index (χ4v) is 1.53. The molecule has 0 aliphatic carbocycles. The Morgan fingerprint density at radius 2 is 2.15 bits per heavy atom. The van der Waals surface area contributed by atoms with Crippen molar-refractivity contribution < 1.29 is 4.39 Å². The van der Waals surface area contributed by atoms with Crippen molar-refractivity contribution >= 4 is 15.9 Å². The molecule has 0 aliphatic rings. The minimum absolute atomic E-state index is 0.00456. The van der Waals surface area contributed by atoms with Gasteiger partial charge in [0.25, 0.3) is 0 Å². The highest BCUT2D eigenvalue weighted by atomic mass is 79.9. The highest BCUT2D eigenvalue weighted by Gasteiger charge is 2.09. The molecular formula is C10H13BrFN. The maximum atomic E-state index is 13.5. The van der Waals surface area contributed by atoms with Crippen LogP contribution in [0.5, 0.6) is 0 Å². The van der Waals surface area contributed by atoms with Crippen LogP contribution in [0.4, 0.5) is 4.39 Å². The van der Waals surface area contributed by atoms with Crippen LogP contribution in [0, 0.1) is 12.7 Å². The number of halogens is 2. The minimum atomic E-state index is -0.147. The van der Waals surface area contributed by atoms with Crippen molar-refractivity contribution in [2.45, 2.75) is 26.3 Å². The van der Waals surface area contributed by atoms with Crippen molar-refractivity contribution in [3.63, 3.8) is 0 Å². The van der Waals surface area contributed by atoms with Crippen LogP contribution >= 0.6 is 15.9 Å². The number of nitrogens with two attached hydrogens (primary N) is 1. The van der Waals surface area contributed by atoms with Gasteiger partial charge in [0, 0.05) is 10.5 Å². The van der Waals surface area contributed by atoms with Crippen molar-refractivity contribution in [2.24, 2.45) is 5.73 Å². The van der Waals surface area contributed by atoms with Gasteiger partial charge in [-0.05, 0) is 37.5 Å². The summed E-state index contributed by atoms with van der Waals surface area (Å²) in [7, 11) is 0. The van der Waals surface area contributed by atoms with Gasteiger partial charge < -0.3 is 5.73 Å². The Hall–Kier alpha value is -0.410. The Balaban J connectivity index is 3.04. The molecule has 0 radical (unpaired) electrons. The molecule has 1 nitrogen and oxygen atoms in total. The lowest BCUT2D eigenvalue weighted by molar-refractivity contribution is 0.587. The summed E-state index contributed by atoms with van der Waals surface area (Å²) >= 11 is 3.28. The zero-order chi connectivity index (χ0) is 10.0. The maximum absolute atomic E-state index is 13.5. The minimum Gasteiger partial charge on any atom is -0.328 e. The molecular weight excluding hydrogens is 233 g/mol. The molecule has 72 valence electrons. The predicted octanol–water partition coefficient (Wildman–Crippen LogP) is 2.79. The molecule has 0 aliphatic heterocycles. The van der Waals surface area contributed by atoms with Gasteiger partial charge in [-0.1, -0.05) is 22.0 Å². The van der Waals surface area contributed by atoms with Gasteiger partial charge >= 0.3 is 0 Å². The quantitative estimate of drug-likeness (QED) is 0.853. The average Bonchev–Trinajstić information content (AvgIpc) is 2.06. The van der Waals surface area contributed by atoms with Gasteiger partial charge in [-0.3, -0.25) is 0 Å². The third kappa shape index (κ3) is 2.51. The number of hydrogen-bond acceptors (Lipinski definition) is 1. The van der Waals surface area contributed by atoms with Crippen molar-refractivity contribution in [1.29, 1.82) is 0 Å². The molecule has 0 amide bonds. The number of benzene rings is 1. The molecule has 1 atom stereocenters. The summed E-state index contributed by atoms with van der Waals surface area (Å²) in [5.41, 5.74) is 6.94. The van der Waals surface area contributed by atoms with E-state index in [1.807, 2.05) is 13.0 Å².